The third kappa shape index (κ3) is 2.47. The number of H-pyrrole nitrogens is 1. The SMILES string of the molecule is C=CC1(C)C(=O)N(Cc2ccccc2)CCc2c1[nH]c1ccccc21. The summed E-state index contributed by atoms with van der Waals surface area (Å²) in [7, 11) is 0. The van der Waals surface area contributed by atoms with Gasteiger partial charge in [-0.2, -0.15) is 0 Å². The Kier molecular flexibility index (Phi) is 3.72. The summed E-state index contributed by atoms with van der Waals surface area (Å²) in [6.07, 6.45) is 2.63. The highest BCUT2D eigenvalue weighted by Crippen LogP contribution is 2.37. The fourth-order valence-corrected chi connectivity index (χ4v) is 3.83. The highest BCUT2D eigenvalue weighted by molar-refractivity contribution is 5.95. The number of nitrogens with one attached hydrogen (secondary N) is 1. The van der Waals surface area contributed by atoms with Gasteiger partial charge in [-0.15, -0.1) is 6.58 Å². The number of benzene rings is 2. The van der Waals surface area contributed by atoms with E-state index in [0.29, 0.717) is 13.1 Å². The smallest absolute Gasteiger partial charge is 0.238 e. The number of amides is 1. The van der Waals surface area contributed by atoms with Crippen LogP contribution in [0.4, 0.5) is 0 Å². The van der Waals surface area contributed by atoms with E-state index in [1.807, 2.05) is 36.1 Å². The van der Waals surface area contributed by atoms with E-state index in [-0.39, 0.29) is 5.91 Å². The van der Waals surface area contributed by atoms with Gasteiger partial charge in [0.2, 0.25) is 5.91 Å². The van der Waals surface area contributed by atoms with E-state index in [2.05, 4.69) is 41.9 Å². The maximum Gasteiger partial charge on any atom is 0.238 e. The number of aromatic amines is 1. The molecule has 0 fully saturated rings. The van der Waals surface area contributed by atoms with Gasteiger partial charge in [0.1, 0.15) is 5.41 Å². The Morgan fingerprint density at radius 3 is 2.64 bits per heavy atom. The molecule has 1 aromatic heterocycles. The minimum absolute atomic E-state index is 0.108. The molecule has 0 spiro atoms. The lowest BCUT2D eigenvalue weighted by Crippen LogP contribution is -2.43. The Morgan fingerprint density at radius 1 is 1.16 bits per heavy atom. The molecule has 1 amide bonds. The second-order valence-electron chi connectivity index (χ2n) is 6.89. The van der Waals surface area contributed by atoms with E-state index in [4.69, 9.17) is 0 Å². The molecule has 1 aliphatic heterocycles. The number of aromatic nitrogens is 1. The van der Waals surface area contributed by atoms with Gasteiger partial charge in [-0.05, 0) is 30.5 Å². The predicted molar refractivity (Wildman–Crippen MR) is 101 cm³/mol. The van der Waals surface area contributed by atoms with Crippen molar-refractivity contribution in [2.24, 2.45) is 0 Å². The summed E-state index contributed by atoms with van der Waals surface area (Å²) in [6.45, 7) is 7.31. The first-order valence-corrected chi connectivity index (χ1v) is 8.70. The topological polar surface area (TPSA) is 36.1 Å². The molecule has 0 aliphatic carbocycles. The molecule has 1 N–H and O–H groups in total. The standard InChI is InChI=1S/C22H22N2O/c1-3-22(2)20-18(17-11-7-8-12-19(17)23-20)13-14-24(21(22)25)15-16-9-5-4-6-10-16/h3-12,23H,1,13-15H2,2H3. The van der Waals surface area contributed by atoms with Crippen LogP contribution in [0.3, 0.4) is 0 Å². The van der Waals surface area contributed by atoms with Gasteiger partial charge in [0.05, 0.1) is 0 Å². The van der Waals surface area contributed by atoms with Crippen molar-refractivity contribution in [2.45, 2.75) is 25.3 Å². The Morgan fingerprint density at radius 2 is 1.88 bits per heavy atom. The van der Waals surface area contributed by atoms with Gasteiger partial charge >= 0.3 is 0 Å². The second kappa shape index (κ2) is 5.92. The molecule has 1 aliphatic rings. The number of nitrogens with zero attached hydrogens (tertiary/aromatic N) is 1. The van der Waals surface area contributed by atoms with Gasteiger partial charge in [-0.3, -0.25) is 4.79 Å². The van der Waals surface area contributed by atoms with Crippen molar-refractivity contribution in [3.8, 4) is 0 Å². The summed E-state index contributed by atoms with van der Waals surface area (Å²) in [5.74, 6) is 0.108. The predicted octanol–water partition coefficient (Wildman–Crippen LogP) is 4.20. The van der Waals surface area contributed by atoms with Crippen LogP contribution in [0.25, 0.3) is 10.9 Å². The van der Waals surface area contributed by atoms with Crippen LogP contribution in [0.15, 0.2) is 67.3 Å². The van der Waals surface area contributed by atoms with Gasteiger partial charge in [0, 0.05) is 29.7 Å². The van der Waals surface area contributed by atoms with Crippen LogP contribution in [0.2, 0.25) is 0 Å². The zero-order valence-electron chi connectivity index (χ0n) is 14.5. The third-order valence-corrected chi connectivity index (χ3v) is 5.32. The van der Waals surface area contributed by atoms with Crippen LogP contribution in [0, 0.1) is 0 Å². The highest BCUT2D eigenvalue weighted by Gasteiger charge is 2.41. The zero-order chi connectivity index (χ0) is 17.4. The summed E-state index contributed by atoms with van der Waals surface area (Å²) in [5, 5.41) is 1.21. The molecule has 1 atom stereocenters. The number of para-hydroxylation sites is 1. The maximum absolute atomic E-state index is 13.4. The van der Waals surface area contributed by atoms with Gasteiger partial charge in [0.25, 0.3) is 0 Å². The molecule has 3 aromatic rings. The Hall–Kier alpha value is -2.81. The molecular weight excluding hydrogens is 308 g/mol. The second-order valence-corrected chi connectivity index (χ2v) is 6.89. The summed E-state index contributed by atoms with van der Waals surface area (Å²) in [4.78, 5) is 18.8. The minimum Gasteiger partial charge on any atom is -0.357 e. The van der Waals surface area contributed by atoms with Crippen LogP contribution < -0.4 is 0 Å². The van der Waals surface area contributed by atoms with Crippen molar-refractivity contribution in [1.82, 2.24) is 9.88 Å². The van der Waals surface area contributed by atoms with E-state index < -0.39 is 5.41 Å². The first kappa shape index (κ1) is 15.7. The first-order chi connectivity index (χ1) is 12.1. The largest absolute Gasteiger partial charge is 0.357 e. The van der Waals surface area contributed by atoms with Crippen molar-refractivity contribution in [1.29, 1.82) is 0 Å². The normalized spacial score (nSPS) is 20.4. The number of carbonyl (C=O) groups excluding carboxylic acids is 1. The van der Waals surface area contributed by atoms with E-state index >= 15 is 0 Å². The van der Waals surface area contributed by atoms with Gasteiger partial charge in [0.15, 0.2) is 0 Å². The fraction of sp³-hybridized carbons (Fsp3) is 0.227. The molecule has 25 heavy (non-hydrogen) atoms. The third-order valence-electron chi connectivity index (χ3n) is 5.32. The summed E-state index contributed by atoms with van der Waals surface area (Å²) < 4.78 is 0. The average molecular weight is 330 g/mol. The van der Waals surface area contributed by atoms with Crippen LogP contribution in [-0.2, 0) is 23.2 Å². The number of fused-ring (bicyclic) bond motifs is 3. The molecular formula is C22H22N2O. The molecule has 0 saturated carbocycles. The van der Waals surface area contributed by atoms with Crippen molar-refractivity contribution in [3.05, 3.63) is 84.1 Å². The van der Waals surface area contributed by atoms with Crippen molar-refractivity contribution in [3.63, 3.8) is 0 Å². The summed E-state index contributed by atoms with van der Waals surface area (Å²) in [5.41, 5.74) is 3.73. The number of rotatable bonds is 3. The average Bonchev–Trinajstić information content (AvgIpc) is 2.99. The molecule has 4 rings (SSSR count). The Balaban J connectivity index is 1.78. The van der Waals surface area contributed by atoms with E-state index in [1.165, 1.54) is 10.9 Å². The van der Waals surface area contributed by atoms with Gasteiger partial charge in [-0.25, -0.2) is 0 Å². The van der Waals surface area contributed by atoms with Crippen LogP contribution in [0.5, 0.6) is 0 Å². The van der Waals surface area contributed by atoms with Gasteiger partial charge < -0.3 is 9.88 Å². The maximum atomic E-state index is 13.4. The van der Waals surface area contributed by atoms with E-state index in [1.54, 1.807) is 6.08 Å². The lowest BCUT2D eigenvalue weighted by molar-refractivity contribution is -0.135. The molecule has 126 valence electrons. The molecule has 0 saturated heterocycles. The molecule has 0 radical (unpaired) electrons. The van der Waals surface area contributed by atoms with Crippen molar-refractivity contribution < 1.29 is 4.79 Å². The number of hydrogen-bond acceptors (Lipinski definition) is 1. The lowest BCUT2D eigenvalue weighted by atomic mass is 9.83. The van der Waals surface area contributed by atoms with E-state index in [0.717, 1.165) is 23.2 Å². The fourth-order valence-electron chi connectivity index (χ4n) is 3.83. The lowest BCUT2D eigenvalue weighted by Gasteiger charge is -2.30. The quantitative estimate of drug-likeness (QED) is 0.718. The number of carbonyl (C=O) groups is 1. The van der Waals surface area contributed by atoms with Crippen LogP contribution >= 0.6 is 0 Å². The number of hydrogen-bond donors (Lipinski definition) is 1. The van der Waals surface area contributed by atoms with Gasteiger partial charge in [-0.1, -0.05) is 54.6 Å². The minimum atomic E-state index is -0.736. The summed E-state index contributed by atoms with van der Waals surface area (Å²) >= 11 is 0. The van der Waals surface area contributed by atoms with E-state index in [9.17, 15) is 4.79 Å². The van der Waals surface area contributed by atoms with Crippen molar-refractivity contribution >= 4 is 16.8 Å². The highest BCUT2D eigenvalue weighted by atomic mass is 16.2. The molecule has 3 nitrogen and oxygen atoms in total. The molecule has 0 bridgehead atoms. The van der Waals surface area contributed by atoms with Crippen LogP contribution in [-0.4, -0.2) is 22.3 Å². The zero-order valence-corrected chi connectivity index (χ0v) is 14.5. The Labute approximate surface area is 148 Å². The summed E-state index contributed by atoms with van der Waals surface area (Å²) in [6, 6.07) is 18.4. The van der Waals surface area contributed by atoms with Crippen molar-refractivity contribution in [2.75, 3.05) is 6.54 Å². The molecule has 3 heteroatoms. The molecule has 2 aromatic carbocycles. The monoisotopic (exact) mass is 330 g/mol. The first-order valence-electron chi connectivity index (χ1n) is 8.70. The molecule has 2 heterocycles. The Bertz CT molecular complexity index is 941. The van der Waals surface area contributed by atoms with Crippen LogP contribution in [0.1, 0.15) is 23.7 Å². The molecule has 1 unspecified atom stereocenters.